The monoisotopic (exact) mass is 398 g/mol. The summed E-state index contributed by atoms with van der Waals surface area (Å²) >= 11 is 1.32. The number of benzene rings is 2. The number of fused-ring (bicyclic) bond motifs is 1. The molecule has 0 saturated heterocycles. The standard InChI is InChI=1S/C20H18N2O5S/c1-12-4-9-15-16(10-12)28-20(22(15)11-17(23)26-2)21-18(24)13-5-7-14(8-6-13)19(25)27-3/h4-10H,11H2,1-3H3. The molecule has 0 saturated carbocycles. The molecule has 1 amide bonds. The molecule has 0 radical (unpaired) electrons. The quantitative estimate of drug-likeness (QED) is 0.631. The number of nitrogens with zero attached hydrogens (tertiary/aromatic N) is 2. The summed E-state index contributed by atoms with van der Waals surface area (Å²) in [4.78, 5) is 40.5. The summed E-state index contributed by atoms with van der Waals surface area (Å²) in [6, 6.07) is 11.8. The summed E-state index contributed by atoms with van der Waals surface area (Å²) in [5, 5.41) is 0. The molecule has 0 atom stereocenters. The summed E-state index contributed by atoms with van der Waals surface area (Å²) in [6.45, 7) is 1.92. The van der Waals surface area contributed by atoms with E-state index in [1.54, 1.807) is 4.57 Å². The van der Waals surface area contributed by atoms with Crippen LogP contribution in [-0.2, 0) is 20.8 Å². The van der Waals surface area contributed by atoms with Crippen LogP contribution in [0, 0.1) is 6.92 Å². The second-order valence-corrected chi connectivity index (χ2v) is 7.01. The molecule has 0 fully saturated rings. The average molecular weight is 398 g/mol. The van der Waals surface area contributed by atoms with Gasteiger partial charge in [-0.05, 0) is 48.9 Å². The summed E-state index contributed by atoms with van der Waals surface area (Å²) in [7, 11) is 2.60. The van der Waals surface area contributed by atoms with E-state index in [0.717, 1.165) is 15.8 Å². The Kier molecular flexibility index (Phi) is 5.70. The van der Waals surface area contributed by atoms with Crippen LogP contribution >= 0.6 is 11.3 Å². The zero-order valence-electron chi connectivity index (χ0n) is 15.6. The molecule has 3 aromatic rings. The Bertz CT molecular complexity index is 1130. The maximum absolute atomic E-state index is 12.6. The van der Waals surface area contributed by atoms with Crippen LogP contribution in [0.4, 0.5) is 0 Å². The van der Waals surface area contributed by atoms with E-state index in [2.05, 4.69) is 9.73 Å². The largest absolute Gasteiger partial charge is 0.468 e. The van der Waals surface area contributed by atoms with E-state index < -0.39 is 17.8 Å². The van der Waals surface area contributed by atoms with Crippen molar-refractivity contribution in [3.05, 3.63) is 64.0 Å². The van der Waals surface area contributed by atoms with Crippen molar-refractivity contribution in [2.75, 3.05) is 14.2 Å². The zero-order chi connectivity index (χ0) is 20.3. The molecule has 0 spiro atoms. The molecule has 0 bridgehead atoms. The number of rotatable bonds is 4. The molecule has 0 aliphatic rings. The fourth-order valence-electron chi connectivity index (χ4n) is 2.63. The SMILES string of the molecule is COC(=O)Cn1c(=NC(=O)c2ccc(C(=O)OC)cc2)sc2cc(C)ccc21. The predicted octanol–water partition coefficient (Wildman–Crippen LogP) is 2.71. The highest BCUT2D eigenvalue weighted by atomic mass is 32.1. The minimum absolute atomic E-state index is 0.0487. The number of carbonyl (C=O) groups is 3. The van der Waals surface area contributed by atoms with Gasteiger partial charge in [-0.2, -0.15) is 4.99 Å². The third kappa shape index (κ3) is 4.01. The van der Waals surface area contributed by atoms with Crippen molar-refractivity contribution in [2.24, 2.45) is 4.99 Å². The van der Waals surface area contributed by atoms with E-state index in [4.69, 9.17) is 4.74 Å². The van der Waals surface area contributed by atoms with Crippen molar-refractivity contribution in [3.63, 3.8) is 0 Å². The molecule has 0 N–H and O–H groups in total. The van der Waals surface area contributed by atoms with Gasteiger partial charge in [0.2, 0.25) is 0 Å². The molecule has 3 rings (SSSR count). The van der Waals surface area contributed by atoms with Crippen LogP contribution in [0.15, 0.2) is 47.5 Å². The molecule has 8 heteroatoms. The van der Waals surface area contributed by atoms with Gasteiger partial charge in [0.05, 0.1) is 30.0 Å². The molecule has 0 aliphatic heterocycles. The number of hydrogen-bond acceptors (Lipinski definition) is 6. The number of aryl methyl sites for hydroxylation is 1. The highest BCUT2D eigenvalue weighted by Gasteiger charge is 2.13. The Morgan fingerprint density at radius 2 is 1.68 bits per heavy atom. The lowest BCUT2D eigenvalue weighted by atomic mass is 10.1. The topological polar surface area (TPSA) is 87.0 Å². The first-order valence-corrected chi connectivity index (χ1v) is 9.19. The lowest BCUT2D eigenvalue weighted by Gasteiger charge is -2.04. The Balaban J connectivity index is 2.04. The maximum Gasteiger partial charge on any atom is 0.337 e. The van der Waals surface area contributed by atoms with E-state index in [0.29, 0.717) is 15.9 Å². The Labute approximate surface area is 164 Å². The van der Waals surface area contributed by atoms with Crippen molar-refractivity contribution in [3.8, 4) is 0 Å². The van der Waals surface area contributed by atoms with E-state index in [-0.39, 0.29) is 6.54 Å². The first-order chi connectivity index (χ1) is 13.4. The van der Waals surface area contributed by atoms with Gasteiger partial charge >= 0.3 is 11.9 Å². The second-order valence-electron chi connectivity index (χ2n) is 6.00. The van der Waals surface area contributed by atoms with Gasteiger partial charge in [-0.15, -0.1) is 0 Å². The van der Waals surface area contributed by atoms with Gasteiger partial charge in [-0.25, -0.2) is 4.79 Å². The Morgan fingerprint density at radius 3 is 2.32 bits per heavy atom. The first-order valence-electron chi connectivity index (χ1n) is 8.37. The van der Waals surface area contributed by atoms with Crippen molar-refractivity contribution >= 4 is 39.4 Å². The maximum atomic E-state index is 12.6. The molecular formula is C20H18N2O5S. The third-order valence-electron chi connectivity index (χ3n) is 4.10. The van der Waals surface area contributed by atoms with E-state index in [9.17, 15) is 14.4 Å². The fraction of sp³-hybridized carbons (Fsp3) is 0.200. The lowest BCUT2D eigenvalue weighted by Crippen LogP contribution is -2.22. The molecule has 1 aromatic heterocycles. The van der Waals surface area contributed by atoms with E-state index in [1.807, 2.05) is 25.1 Å². The average Bonchev–Trinajstić information content (AvgIpc) is 3.03. The van der Waals surface area contributed by atoms with Crippen molar-refractivity contribution in [2.45, 2.75) is 13.5 Å². The van der Waals surface area contributed by atoms with Crippen LogP contribution in [0.3, 0.4) is 0 Å². The number of amides is 1. The van der Waals surface area contributed by atoms with Crippen molar-refractivity contribution in [1.29, 1.82) is 0 Å². The number of thiazole rings is 1. The van der Waals surface area contributed by atoms with Crippen LogP contribution in [-0.4, -0.2) is 36.6 Å². The minimum Gasteiger partial charge on any atom is -0.468 e. The van der Waals surface area contributed by atoms with Crippen LogP contribution in [0.5, 0.6) is 0 Å². The summed E-state index contributed by atoms with van der Waals surface area (Å²) in [5.41, 5.74) is 2.53. The molecule has 144 valence electrons. The summed E-state index contributed by atoms with van der Waals surface area (Å²) in [6.07, 6.45) is 0. The minimum atomic E-state index is -0.480. The number of ether oxygens (including phenoxy) is 2. The zero-order valence-corrected chi connectivity index (χ0v) is 16.4. The van der Waals surface area contributed by atoms with E-state index in [1.165, 1.54) is 49.8 Å². The van der Waals surface area contributed by atoms with Crippen LogP contribution < -0.4 is 4.80 Å². The summed E-state index contributed by atoms with van der Waals surface area (Å²) < 4.78 is 12.0. The Hall–Kier alpha value is -3.26. The van der Waals surface area contributed by atoms with Gasteiger partial charge in [-0.3, -0.25) is 9.59 Å². The highest BCUT2D eigenvalue weighted by molar-refractivity contribution is 7.16. The third-order valence-corrected chi connectivity index (χ3v) is 5.14. The second kappa shape index (κ2) is 8.18. The van der Waals surface area contributed by atoms with Crippen LogP contribution in [0.2, 0.25) is 0 Å². The fourth-order valence-corrected chi connectivity index (χ4v) is 3.76. The van der Waals surface area contributed by atoms with Gasteiger partial charge in [0.25, 0.3) is 5.91 Å². The Morgan fingerprint density at radius 1 is 1.00 bits per heavy atom. The molecule has 28 heavy (non-hydrogen) atoms. The van der Waals surface area contributed by atoms with Gasteiger partial charge in [0.1, 0.15) is 6.54 Å². The number of carbonyl (C=O) groups excluding carboxylic acids is 3. The highest BCUT2D eigenvalue weighted by Crippen LogP contribution is 2.19. The van der Waals surface area contributed by atoms with Gasteiger partial charge in [0.15, 0.2) is 4.80 Å². The first kappa shape index (κ1) is 19.5. The van der Waals surface area contributed by atoms with Crippen LogP contribution in [0.25, 0.3) is 10.2 Å². The number of hydrogen-bond donors (Lipinski definition) is 0. The molecule has 7 nitrogen and oxygen atoms in total. The molecule has 1 heterocycles. The molecular weight excluding hydrogens is 380 g/mol. The van der Waals surface area contributed by atoms with Crippen LogP contribution in [0.1, 0.15) is 26.3 Å². The molecule has 2 aromatic carbocycles. The van der Waals surface area contributed by atoms with Gasteiger partial charge in [-0.1, -0.05) is 17.4 Å². The van der Waals surface area contributed by atoms with Gasteiger partial charge in [0, 0.05) is 5.56 Å². The molecule has 0 unspecified atom stereocenters. The summed E-state index contributed by atoms with van der Waals surface area (Å²) in [5.74, 6) is -1.39. The predicted molar refractivity (Wildman–Crippen MR) is 104 cm³/mol. The number of methoxy groups -OCH3 is 2. The smallest absolute Gasteiger partial charge is 0.337 e. The van der Waals surface area contributed by atoms with Gasteiger partial charge < -0.3 is 14.0 Å². The van der Waals surface area contributed by atoms with Crippen molar-refractivity contribution < 1.29 is 23.9 Å². The number of esters is 2. The molecule has 0 aliphatic carbocycles. The lowest BCUT2D eigenvalue weighted by molar-refractivity contribution is -0.141. The van der Waals surface area contributed by atoms with Crippen molar-refractivity contribution in [1.82, 2.24) is 4.57 Å². The van der Waals surface area contributed by atoms with E-state index >= 15 is 0 Å². The normalized spacial score (nSPS) is 11.5. The number of aromatic nitrogens is 1.